The highest BCUT2D eigenvalue weighted by atomic mass is 32.2. The third kappa shape index (κ3) is 3.66. The Hall–Kier alpha value is -2.81. The SMILES string of the molecule is COC(=O)c1ccc(CN(c2ccc3c(c2)OCO3)S(C)(=O)=O)nc1. The molecule has 0 bridgehead atoms. The van der Waals surface area contributed by atoms with E-state index in [1.54, 1.807) is 24.3 Å². The van der Waals surface area contributed by atoms with Crippen LogP contribution >= 0.6 is 0 Å². The van der Waals surface area contributed by atoms with Crippen molar-refractivity contribution in [2.24, 2.45) is 0 Å². The van der Waals surface area contributed by atoms with Crippen molar-refractivity contribution in [1.29, 1.82) is 0 Å². The van der Waals surface area contributed by atoms with Crippen LogP contribution in [0.1, 0.15) is 16.1 Å². The molecule has 0 amide bonds. The fourth-order valence-corrected chi connectivity index (χ4v) is 3.21. The first-order chi connectivity index (χ1) is 11.9. The van der Waals surface area contributed by atoms with Gasteiger partial charge in [-0.3, -0.25) is 9.29 Å². The van der Waals surface area contributed by atoms with Crippen molar-refractivity contribution in [3.05, 3.63) is 47.8 Å². The number of carbonyl (C=O) groups is 1. The summed E-state index contributed by atoms with van der Waals surface area (Å²) in [4.78, 5) is 15.6. The van der Waals surface area contributed by atoms with Crippen LogP contribution in [0.4, 0.5) is 5.69 Å². The lowest BCUT2D eigenvalue weighted by Crippen LogP contribution is -2.29. The van der Waals surface area contributed by atoms with E-state index in [0.29, 0.717) is 28.4 Å². The zero-order valence-corrected chi connectivity index (χ0v) is 14.4. The van der Waals surface area contributed by atoms with Crippen molar-refractivity contribution in [3.63, 3.8) is 0 Å². The number of fused-ring (bicyclic) bond motifs is 1. The van der Waals surface area contributed by atoms with Crippen molar-refractivity contribution < 1.29 is 27.4 Å². The van der Waals surface area contributed by atoms with E-state index >= 15 is 0 Å². The summed E-state index contributed by atoms with van der Waals surface area (Å²) in [6, 6.07) is 8.01. The minimum atomic E-state index is -3.56. The maximum absolute atomic E-state index is 12.2. The molecule has 0 atom stereocenters. The van der Waals surface area contributed by atoms with Gasteiger partial charge in [-0.25, -0.2) is 13.2 Å². The van der Waals surface area contributed by atoms with Crippen molar-refractivity contribution in [2.45, 2.75) is 6.54 Å². The lowest BCUT2D eigenvalue weighted by atomic mass is 10.2. The van der Waals surface area contributed by atoms with Crippen LogP contribution in [-0.2, 0) is 21.3 Å². The summed E-state index contributed by atoms with van der Waals surface area (Å²) in [5.41, 5.74) is 1.21. The van der Waals surface area contributed by atoms with Crippen molar-refractivity contribution in [2.75, 3.05) is 24.5 Å². The van der Waals surface area contributed by atoms with Gasteiger partial charge in [-0.15, -0.1) is 0 Å². The molecule has 9 heteroatoms. The molecule has 2 aromatic rings. The molecule has 0 aliphatic carbocycles. The third-order valence-corrected chi connectivity index (χ3v) is 4.74. The molecule has 1 aromatic carbocycles. The van der Waals surface area contributed by atoms with Gasteiger partial charge in [0.05, 0.1) is 36.9 Å². The van der Waals surface area contributed by atoms with Gasteiger partial charge < -0.3 is 14.2 Å². The van der Waals surface area contributed by atoms with Crippen LogP contribution in [0.5, 0.6) is 11.5 Å². The molecule has 0 fully saturated rings. The normalized spacial score (nSPS) is 12.7. The number of carbonyl (C=O) groups excluding carboxylic acids is 1. The quantitative estimate of drug-likeness (QED) is 0.743. The highest BCUT2D eigenvalue weighted by Gasteiger charge is 2.22. The van der Waals surface area contributed by atoms with Crippen LogP contribution in [0.3, 0.4) is 0 Å². The van der Waals surface area contributed by atoms with Crippen LogP contribution in [0.15, 0.2) is 36.5 Å². The van der Waals surface area contributed by atoms with Gasteiger partial charge in [0.2, 0.25) is 16.8 Å². The van der Waals surface area contributed by atoms with E-state index in [9.17, 15) is 13.2 Å². The zero-order chi connectivity index (χ0) is 18.0. The molecule has 0 spiro atoms. The second kappa shape index (κ2) is 6.60. The molecule has 2 heterocycles. The molecular weight excluding hydrogens is 348 g/mol. The molecule has 132 valence electrons. The second-order valence-electron chi connectivity index (χ2n) is 5.34. The smallest absolute Gasteiger partial charge is 0.339 e. The Bertz CT molecular complexity index is 895. The van der Waals surface area contributed by atoms with Gasteiger partial charge in [0.15, 0.2) is 11.5 Å². The lowest BCUT2D eigenvalue weighted by molar-refractivity contribution is 0.0600. The molecule has 3 rings (SSSR count). The van der Waals surface area contributed by atoms with Gasteiger partial charge in [-0.2, -0.15) is 0 Å². The Balaban J connectivity index is 1.89. The van der Waals surface area contributed by atoms with Gasteiger partial charge in [-0.1, -0.05) is 0 Å². The number of hydrogen-bond donors (Lipinski definition) is 0. The second-order valence-corrected chi connectivity index (χ2v) is 7.24. The number of ether oxygens (including phenoxy) is 3. The molecule has 1 aliphatic heterocycles. The summed E-state index contributed by atoms with van der Waals surface area (Å²) in [5.74, 6) is 0.549. The van der Waals surface area contributed by atoms with Crippen molar-refractivity contribution in [1.82, 2.24) is 4.98 Å². The Morgan fingerprint density at radius 1 is 1.24 bits per heavy atom. The summed E-state index contributed by atoms with van der Waals surface area (Å²) in [6.45, 7) is 0.119. The van der Waals surface area contributed by atoms with Crippen LogP contribution in [0.25, 0.3) is 0 Å². The zero-order valence-electron chi connectivity index (χ0n) is 13.6. The highest BCUT2D eigenvalue weighted by molar-refractivity contribution is 7.92. The van der Waals surface area contributed by atoms with Gasteiger partial charge in [-0.05, 0) is 24.3 Å². The molecule has 1 aromatic heterocycles. The number of methoxy groups -OCH3 is 1. The number of anilines is 1. The molecule has 0 radical (unpaired) electrons. The van der Waals surface area contributed by atoms with E-state index in [0.717, 1.165) is 6.26 Å². The molecule has 0 saturated heterocycles. The Labute approximate surface area is 145 Å². The molecular formula is C16H16N2O6S. The van der Waals surface area contributed by atoms with Crippen LogP contribution in [0, 0.1) is 0 Å². The number of hydrogen-bond acceptors (Lipinski definition) is 7. The minimum Gasteiger partial charge on any atom is -0.465 e. The van der Waals surface area contributed by atoms with Crippen molar-refractivity contribution >= 4 is 21.7 Å². The predicted octanol–water partition coefficient (Wildman–Crippen LogP) is 1.56. The summed E-state index contributed by atoms with van der Waals surface area (Å²) in [7, 11) is -2.28. The number of benzene rings is 1. The van der Waals surface area contributed by atoms with Gasteiger partial charge in [0, 0.05) is 12.3 Å². The van der Waals surface area contributed by atoms with E-state index in [1.807, 2.05) is 0 Å². The van der Waals surface area contributed by atoms with E-state index in [1.165, 1.54) is 23.7 Å². The molecule has 0 unspecified atom stereocenters. The molecule has 0 N–H and O–H groups in total. The first-order valence-corrected chi connectivity index (χ1v) is 9.14. The van der Waals surface area contributed by atoms with Crippen LogP contribution in [-0.4, -0.2) is 39.5 Å². The standard InChI is InChI=1S/C16H16N2O6S/c1-22-16(19)11-3-4-12(17-8-11)9-18(25(2,20)21)13-5-6-14-15(7-13)24-10-23-14/h3-8H,9-10H2,1-2H3. The Kier molecular flexibility index (Phi) is 4.49. The van der Waals surface area contributed by atoms with Gasteiger partial charge >= 0.3 is 5.97 Å². The van der Waals surface area contributed by atoms with E-state index < -0.39 is 16.0 Å². The molecule has 25 heavy (non-hydrogen) atoms. The van der Waals surface area contributed by atoms with Gasteiger partial charge in [0.25, 0.3) is 0 Å². The fourth-order valence-electron chi connectivity index (χ4n) is 2.34. The number of esters is 1. The summed E-state index contributed by atoms with van der Waals surface area (Å²) in [6.07, 6.45) is 2.46. The largest absolute Gasteiger partial charge is 0.465 e. The maximum atomic E-state index is 12.2. The number of nitrogens with zero attached hydrogens (tertiary/aromatic N) is 2. The van der Waals surface area contributed by atoms with E-state index in [4.69, 9.17) is 9.47 Å². The predicted molar refractivity (Wildman–Crippen MR) is 89.2 cm³/mol. The van der Waals surface area contributed by atoms with Crippen molar-refractivity contribution in [3.8, 4) is 11.5 Å². The average molecular weight is 364 g/mol. The number of pyridine rings is 1. The summed E-state index contributed by atoms with van der Waals surface area (Å²) >= 11 is 0. The fraction of sp³-hybridized carbons (Fsp3) is 0.250. The summed E-state index contributed by atoms with van der Waals surface area (Å²) in [5, 5.41) is 0. The number of aromatic nitrogens is 1. The van der Waals surface area contributed by atoms with Crippen LogP contribution in [0.2, 0.25) is 0 Å². The van der Waals surface area contributed by atoms with Crippen LogP contribution < -0.4 is 13.8 Å². The average Bonchev–Trinajstić information content (AvgIpc) is 3.06. The molecule has 0 saturated carbocycles. The van der Waals surface area contributed by atoms with Gasteiger partial charge in [0.1, 0.15) is 0 Å². The molecule has 8 nitrogen and oxygen atoms in total. The number of sulfonamides is 1. The topological polar surface area (TPSA) is 95.0 Å². The third-order valence-electron chi connectivity index (χ3n) is 3.60. The first kappa shape index (κ1) is 17.0. The monoisotopic (exact) mass is 364 g/mol. The maximum Gasteiger partial charge on any atom is 0.339 e. The highest BCUT2D eigenvalue weighted by Crippen LogP contribution is 2.36. The Morgan fingerprint density at radius 2 is 2.00 bits per heavy atom. The first-order valence-electron chi connectivity index (χ1n) is 7.29. The Morgan fingerprint density at radius 3 is 2.64 bits per heavy atom. The van der Waals surface area contributed by atoms with E-state index in [-0.39, 0.29) is 13.3 Å². The number of rotatable bonds is 5. The lowest BCUT2D eigenvalue weighted by Gasteiger charge is -2.22. The summed E-state index contributed by atoms with van der Waals surface area (Å²) < 4.78 is 40.8. The molecule has 1 aliphatic rings. The van der Waals surface area contributed by atoms with E-state index in [2.05, 4.69) is 9.72 Å². The minimum absolute atomic E-state index is 0.0138.